The van der Waals surface area contributed by atoms with Gasteiger partial charge in [-0.2, -0.15) is 0 Å². The third-order valence-corrected chi connectivity index (χ3v) is 4.88. The summed E-state index contributed by atoms with van der Waals surface area (Å²) in [6, 6.07) is 5.42. The van der Waals surface area contributed by atoms with Gasteiger partial charge in [-0.3, -0.25) is 0 Å². The number of likely N-dealkylation sites (N-methyl/N-ethyl adjacent to an activating group) is 1. The SMILES string of the molecule is Cc1cc(-c2cc3c(s2)CCN(C)C3)cc(F)c1O. The molecule has 1 aliphatic rings. The number of hydrogen-bond acceptors (Lipinski definition) is 3. The van der Waals surface area contributed by atoms with Crippen LogP contribution in [0.3, 0.4) is 0 Å². The standard InChI is InChI=1S/C15H16FNOS/c1-9-5-10(6-12(16)15(9)18)14-7-11-8-17(2)4-3-13(11)19-14/h5-7,18H,3-4,8H2,1-2H3. The maximum Gasteiger partial charge on any atom is 0.165 e. The lowest BCUT2D eigenvalue weighted by molar-refractivity contribution is 0.315. The highest BCUT2D eigenvalue weighted by molar-refractivity contribution is 7.15. The van der Waals surface area contributed by atoms with E-state index < -0.39 is 5.82 Å². The average Bonchev–Trinajstić information content (AvgIpc) is 2.78. The molecule has 0 bridgehead atoms. The molecule has 2 heterocycles. The van der Waals surface area contributed by atoms with Crippen LogP contribution in [0.1, 0.15) is 16.0 Å². The summed E-state index contributed by atoms with van der Waals surface area (Å²) >= 11 is 1.74. The number of benzene rings is 1. The number of halogens is 1. The first-order valence-corrected chi connectivity index (χ1v) is 7.16. The largest absolute Gasteiger partial charge is 0.505 e. The Hall–Kier alpha value is -1.39. The Kier molecular flexibility index (Phi) is 3.07. The minimum atomic E-state index is -0.543. The Labute approximate surface area is 116 Å². The molecule has 0 fully saturated rings. The third kappa shape index (κ3) is 2.26. The highest BCUT2D eigenvalue weighted by Crippen LogP contribution is 2.36. The molecule has 0 amide bonds. The van der Waals surface area contributed by atoms with Crippen molar-refractivity contribution in [1.82, 2.24) is 4.90 Å². The van der Waals surface area contributed by atoms with E-state index in [1.807, 2.05) is 6.07 Å². The second kappa shape index (κ2) is 4.62. The summed E-state index contributed by atoms with van der Waals surface area (Å²) < 4.78 is 13.6. The van der Waals surface area contributed by atoms with Gasteiger partial charge in [-0.1, -0.05) is 0 Å². The predicted octanol–water partition coefficient (Wildman–Crippen LogP) is 3.56. The number of fused-ring (bicyclic) bond motifs is 1. The van der Waals surface area contributed by atoms with Crippen molar-refractivity contribution in [3.8, 4) is 16.2 Å². The second-order valence-corrected chi connectivity index (χ2v) is 6.31. The third-order valence-electron chi connectivity index (χ3n) is 3.60. The molecule has 0 saturated heterocycles. The summed E-state index contributed by atoms with van der Waals surface area (Å²) in [7, 11) is 2.12. The van der Waals surface area contributed by atoms with Crippen LogP contribution in [0, 0.1) is 12.7 Å². The molecule has 0 saturated carbocycles. The number of aryl methyl sites for hydroxylation is 1. The van der Waals surface area contributed by atoms with Gasteiger partial charge in [-0.25, -0.2) is 4.39 Å². The monoisotopic (exact) mass is 277 g/mol. The molecule has 0 atom stereocenters. The highest BCUT2D eigenvalue weighted by atomic mass is 32.1. The van der Waals surface area contributed by atoms with Gasteiger partial charge in [0.1, 0.15) is 0 Å². The van der Waals surface area contributed by atoms with Crippen LogP contribution in [0.15, 0.2) is 18.2 Å². The van der Waals surface area contributed by atoms with Crippen molar-refractivity contribution in [1.29, 1.82) is 0 Å². The van der Waals surface area contributed by atoms with E-state index in [0.29, 0.717) is 5.56 Å². The molecular formula is C15H16FNOS. The zero-order valence-electron chi connectivity index (χ0n) is 11.0. The molecule has 2 nitrogen and oxygen atoms in total. The van der Waals surface area contributed by atoms with E-state index in [2.05, 4.69) is 18.0 Å². The number of thiophene rings is 1. The van der Waals surface area contributed by atoms with Crippen LogP contribution in [0.5, 0.6) is 5.75 Å². The van der Waals surface area contributed by atoms with E-state index in [0.717, 1.165) is 30.0 Å². The van der Waals surface area contributed by atoms with Gasteiger partial charge in [0.2, 0.25) is 0 Å². The zero-order valence-corrected chi connectivity index (χ0v) is 11.9. The van der Waals surface area contributed by atoms with Crippen molar-refractivity contribution >= 4 is 11.3 Å². The molecule has 0 aliphatic carbocycles. The lowest BCUT2D eigenvalue weighted by atomic mass is 10.1. The van der Waals surface area contributed by atoms with Crippen molar-refractivity contribution in [3.05, 3.63) is 40.0 Å². The van der Waals surface area contributed by atoms with Gasteiger partial charge in [0.15, 0.2) is 11.6 Å². The minimum Gasteiger partial charge on any atom is -0.505 e. The number of rotatable bonds is 1. The van der Waals surface area contributed by atoms with E-state index in [9.17, 15) is 9.50 Å². The second-order valence-electron chi connectivity index (χ2n) is 5.17. The van der Waals surface area contributed by atoms with Gasteiger partial charge in [0, 0.05) is 22.8 Å². The van der Waals surface area contributed by atoms with E-state index in [1.54, 1.807) is 18.3 Å². The Morgan fingerprint density at radius 2 is 2.11 bits per heavy atom. The molecular weight excluding hydrogens is 261 g/mol. The van der Waals surface area contributed by atoms with Crippen LogP contribution >= 0.6 is 11.3 Å². The van der Waals surface area contributed by atoms with Crippen LogP contribution in [-0.2, 0) is 13.0 Å². The summed E-state index contributed by atoms with van der Waals surface area (Å²) in [5.74, 6) is -0.789. The van der Waals surface area contributed by atoms with Gasteiger partial charge in [0.05, 0.1) is 0 Å². The lowest BCUT2D eigenvalue weighted by Crippen LogP contribution is -2.25. The smallest absolute Gasteiger partial charge is 0.165 e. The first-order chi connectivity index (χ1) is 9.04. The Morgan fingerprint density at radius 1 is 1.32 bits per heavy atom. The summed E-state index contributed by atoms with van der Waals surface area (Å²) in [5, 5.41) is 9.50. The van der Waals surface area contributed by atoms with E-state index >= 15 is 0 Å². The molecule has 19 heavy (non-hydrogen) atoms. The molecule has 1 N–H and O–H groups in total. The molecule has 0 unspecified atom stereocenters. The number of aromatic hydroxyl groups is 1. The summed E-state index contributed by atoms with van der Waals surface area (Å²) in [4.78, 5) is 4.78. The molecule has 1 aliphatic heterocycles. The van der Waals surface area contributed by atoms with E-state index in [4.69, 9.17) is 0 Å². The normalized spacial score (nSPS) is 15.5. The molecule has 100 valence electrons. The van der Waals surface area contributed by atoms with Crippen molar-refractivity contribution in [3.63, 3.8) is 0 Å². The van der Waals surface area contributed by atoms with E-state index in [-0.39, 0.29) is 5.75 Å². The van der Waals surface area contributed by atoms with Crippen LogP contribution in [0.25, 0.3) is 10.4 Å². The number of nitrogens with zero attached hydrogens (tertiary/aromatic N) is 1. The molecule has 1 aromatic carbocycles. The van der Waals surface area contributed by atoms with Crippen LogP contribution < -0.4 is 0 Å². The topological polar surface area (TPSA) is 23.5 Å². The zero-order chi connectivity index (χ0) is 13.6. The molecule has 0 spiro atoms. The molecule has 4 heteroatoms. The Bertz CT molecular complexity index is 612. The number of phenolic OH excluding ortho intramolecular Hbond substituents is 1. The van der Waals surface area contributed by atoms with Crippen molar-refractivity contribution in [2.75, 3.05) is 13.6 Å². The maximum absolute atomic E-state index is 13.6. The fourth-order valence-corrected chi connectivity index (χ4v) is 3.65. The Morgan fingerprint density at radius 3 is 2.84 bits per heavy atom. The van der Waals surface area contributed by atoms with Gasteiger partial charge < -0.3 is 10.0 Å². The molecule has 2 aromatic rings. The van der Waals surface area contributed by atoms with Crippen molar-refractivity contribution < 1.29 is 9.50 Å². The average molecular weight is 277 g/mol. The van der Waals surface area contributed by atoms with E-state index in [1.165, 1.54) is 16.5 Å². The first kappa shape index (κ1) is 12.6. The fourth-order valence-electron chi connectivity index (χ4n) is 2.50. The number of phenols is 1. The summed E-state index contributed by atoms with van der Waals surface area (Å²) in [6.45, 7) is 3.77. The lowest BCUT2D eigenvalue weighted by Gasteiger charge is -2.21. The van der Waals surface area contributed by atoms with Crippen molar-refractivity contribution in [2.24, 2.45) is 0 Å². The maximum atomic E-state index is 13.6. The van der Waals surface area contributed by atoms with Gasteiger partial charge in [-0.05, 0) is 55.3 Å². The minimum absolute atomic E-state index is 0.246. The molecule has 1 aromatic heterocycles. The van der Waals surface area contributed by atoms with Crippen LogP contribution in [0.4, 0.5) is 4.39 Å². The first-order valence-electron chi connectivity index (χ1n) is 6.34. The molecule has 3 rings (SSSR count). The quantitative estimate of drug-likeness (QED) is 0.861. The van der Waals surface area contributed by atoms with Crippen molar-refractivity contribution in [2.45, 2.75) is 19.9 Å². The van der Waals surface area contributed by atoms with Crippen LogP contribution in [-0.4, -0.2) is 23.6 Å². The summed E-state index contributed by atoms with van der Waals surface area (Å²) in [5.41, 5.74) is 2.79. The predicted molar refractivity (Wildman–Crippen MR) is 76.2 cm³/mol. The molecule has 0 radical (unpaired) electrons. The van der Waals surface area contributed by atoms with Gasteiger partial charge >= 0.3 is 0 Å². The van der Waals surface area contributed by atoms with Crippen LogP contribution in [0.2, 0.25) is 0 Å². The fraction of sp³-hybridized carbons (Fsp3) is 0.333. The highest BCUT2D eigenvalue weighted by Gasteiger charge is 2.18. The number of hydrogen-bond donors (Lipinski definition) is 1. The Balaban J connectivity index is 2.03. The van der Waals surface area contributed by atoms with Gasteiger partial charge in [-0.15, -0.1) is 11.3 Å². The summed E-state index contributed by atoms with van der Waals surface area (Å²) in [6.07, 6.45) is 1.07. The van der Waals surface area contributed by atoms with Gasteiger partial charge in [0.25, 0.3) is 0 Å².